The van der Waals surface area contributed by atoms with Crippen LogP contribution in [-0.2, 0) is 6.18 Å². The van der Waals surface area contributed by atoms with E-state index in [2.05, 4.69) is 15.9 Å². The fraction of sp³-hybridized carbons (Fsp3) is 0.455. The van der Waals surface area contributed by atoms with Crippen LogP contribution in [0.4, 0.5) is 18.9 Å². The van der Waals surface area contributed by atoms with Crippen LogP contribution in [0.3, 0.4) is 0 Å². The Labute approximate surface area is 107 Å². The standard InChI is InChI=1S/C11H14BrF3N2/c1-7(6-16)17(2)10-4-3-8(5-9(10)12)11(13,14)15/h3-5,7H,6,16H2,1-2H3. The Kier molecular flexibility index (Phi) is 4.43. The van der Waals surface area contributed by atoms with Crippen LogP contribution in [0.2, 0.25) is 0 Å². The minimum atomic E-state index is -4.32. The summed E-state index contributed by atoms with van der Waals surface area (Å²) in [7, 11) is 1.80. The van der Waals surface area contributed by atoms with E-state index in [0.717, 1.165) is 12.1 Å². The molecule has 0 aromatic heterocycles. The zero-order valence-corrected chi connectivity index (χ0v) is 11.1. The Bertz CT molecular complexity index is 393. The van der Waals surface area contributed by atoms with Gasteiger partial charge in [0.2, 0.25) is 0 Å². The van der Waals surface area contributed by atoms with Gasteiger partial charge in [0.1, 0.15) is 0 Å². The van der Waals surface area contributed by atoms with Crippen molar-refractivity contribution in [2.24, 2.45) is 5.73 Å². The molecule has 17 heavy (non-hydrogen) atoms. The number of hydrogen-bond acceptors (Lipinski definition) is 2. The van der Waals surface area contributed by atoms with E-state index in [-0.39, 0.29) is 6.04 Å². The summed E-state index contributed by atoms with van der Waals surface area (Å²) in [4.78, 5) is 1.84. The molecule has 1 aromatic rings. The van der Waals surface area contributed by atoms with Gasteiger partial charge in [-0.05, 0) is 41.1 Å². The zero-order valence-electron chi connectivity index (χ0n) is 9.55. The van der Waals surface area contributed by atoms with E-state index in [1.807, 2.05) is 11.8 Å². The highest BCUT2D eigenvalue weighted by Gasteiger charge is 2.31. The number of alkyl halides is 3. The monoisotopic (exact) mass is 310 g/mol. The van der Waals surface area contributed by atoms with Crippen LogP contribution in [0.25, 0.3) is 0 Å². The second kappa shape index (κ2) is 5.27. The van der Waals surface area contributed by atoms with E-state index in [1.165, 1.54) is 6.07 Å². The third-order valence-corrected chi connectivity index (χ3v) is 3.29. The van der Waals surface area contributed by atoms with Gasteiger partial charge in [0.25, 0.3) is 0 Å². The molecule has 0 aliphatic heterocycles. The van der Waals surface area contributed by atoms with Crippen molar-refractivity contribution >= 4 is 21.6 Å². The molecule has 1 rings (SSSR count). The van der Waals surface area contributed by atoms with Crippen LogP contribution in [0.5, 0.6) is 0 Å². The third kappa shape index (κ3) is 3.35. The Morgan fingerprint density at radius 1 is 1.41 bits per heavy atom. The SMILES string of the molecule is CC(CN)N(C)c1ccc(C(F)(F)F)cc1Br. The molecule has 0 saturated carbocycles. The van der Waals surface area contributed by atoms with E-state index >= 15 is 0 Å². The highest BCUT2D eigenvalue weighted by Crippen LogP contribution is 2.35. The van der Waals surface area contributed by atoms with Crippen LogP contribution < -0.4 is 10.6 Å². The molecule has 1 unspecified atom stereocenters. The molecule has 96 valence electrons. The van der Waals surface area contributed by atoms with E-state index < -0.39 is 11.7 Å². The minimum Gasteiger partial charge on any atom is -0.370 e. The molecule has 0 heterocycles. The third-order valence-electron chi connectivity index (χ3n) is 2.66. The number of rotatable bonds is 3. The molecule has 1 atom stereocenters. The van der Waals surface area contributed by atoms with E-state index in [0.29, 0.717) is 16.7 Å². The van der Waals surface area contributed by atoms with Gasteiger partial charge in [0, 0.05) is 24.1 Å². The number of likely N-dealkylation sites (N-methyl/N-ethyl adjacent to an activating group) is 1. The van der Waals surface area contributed by atoms with Crippen molar-refractivity contribution < 1.29 is 13.2 Å². The van der Waals surface area contributed by atoms with Crippen molar-refractivity contribution in [1.82, 2.24) is 0 Å². The lowest BCUT2D eigenvalue weighted by atomic mass is 10.1. The highest BCUT2D eigenvalue weighted by atomic mass is 79.9. The fourth-order valence-corrected chi connectivity index (χ4v) is 2.02. The quantitative estimate of drug-likeness (QED) is 0.928. The van der Waals surface area contributed by atoms with Crippen molar-refractivity contribution in [1.29, 1.82) is 0 Å². The molecule has 0 radical (unpaired) electrons. The van der Waals surface area contributed by atoms with Gasteiger partial charge in [-0.2, -0.15) is 13.2 Å². The first-order valence-corrected chi connectivity index (χ1v) is 5.86. The van der Waals surface area contributed by atoms with Crippen LogP contribution in [0.15, 0.2) is 22.7 Å². The first kappa shape index (κ1) is 14.3. The summed E-state index contributed by atoms with van der Waals surface area (Å²) in [5.41, 5.74) is 5.55. The maximum Gasteiger partial charge on any atom is 0.416 e. The molecule has 1 aromatic carbocycles. The molecule has 0 bridgehead atoms. The summed E-state index contributed by atoms with van der Waals surface area (Å²) >= 11 is 3.16. The summed E-state index contributed by atoms with van der Waals surface area (Å²) in [5, 5.41) is 0. The van der Waals surface area contributed by atoms with Gasteiger partial charge >= 0.3 is 6.18 Å². The average Bonchev–Trinajstić information content (AvgIpc) is 2.25. The normalized spacial score (nSPS) is 13.6. The lowest BCUT2D eigenvalue weighted by Gasteiger charge is -2.27. The topological polar surface area (TPSA) is 29.3 Å². The lowest BCUT2D eigenvalue weighted by Crippen LogP contribution is -2.35. The minimum absolute atomic E-state index is 0.0584. The maximum atomic E-state index is 12.5. The van der Waals surface area contributed by atoms with Gasteiger partial charge in [-0.1, -0.05) is 0 Å². The molecular weight excluding hydrogens is 297 g/mol. The zero-order chi connectivity index (χ0) is 13.2. The van der Waals surface area contributed by atoms with Gasteiger partial charge in [-0.3, -0.25) is 0 Å². The van der Waals surface area contributed by atoms with Gasteiger partial charge in [0.15, 0.2) is 0 Å². The van der Waals surface area contributed by atoms with Crippen molar-refractivity contribution in [3.05, 3.63) is 28.2 Å². The van der Waals surface area contributed by atoms with Crippen LogP contribution in [0, 0.1) is 0 Å². The fourth-order valence-electron chi connectivity index (χ4n) is 1.36. The van der Waals surface area contributed by atoms with Gasteiger partial charge in [-0.15, -0.1) is 0 Å². The predicted octanol–water partition coefficient (Wildman–Crippen LogP) is 3.25. The van der Waals surface area contributed by atoms with Crippen molar-refractivity contribution in [3.8, 4) is 0 Å². The number of benzene rings is 1. The smallest absolute Gasteiger partial charge is 0.370 e. The van der Waals surface area contributed by atoms with Crippen molar-refractivity contribution in [2.45, 2.75) is 19.1 Å². The Morgan fingerprint density at radius 2 is 2.00 bits per heavy atom. The largest absolute Gasteiger partial charge is 0.416 e. The molecule has 2 N–H and O–H groups in total. The molecular formula is C11H14BrF3N2. The lowest BCUT2D eigenvalue weighted by molar-refractivity contribution is -0.137. The number of hydrogen-bond donors (Lipinski definition) is 1. The summed E-state index contributed by atoms with van der Waals surface area (Å²) in [6.07, 6.45) is -4.32. The van der Waals surface area contributed by atoms with Gasteiger partial charge in [-0.25, -0.2) is 0 Å². The average molecular weight is 311 g/mol. The van der Waals surface area contributed by atoms with Crippen molar-refractivity contribution in [2.75, 3.05) is 18.5 Å². The number of anilines is 1. The van der Waals surface area contributed by atoms with Crippen LogP contribution >= 0.6 is 15.9 Å². The molecule has 6 heteroatoms. The molecule has 0 aliphatic rings. The maximum absolute atomic E-state index is 12.5. The summed E-state index contributed by atoms with van der Waals surface area (Å²) in [6, 6.07) is 3.65. The Hall–Kier alpha value is -0.750. The first-order valence-electron chi connectivity index (χ1n) is 5.07. The van der Waals surface area contributed by atoms with Gasteiger partial charge < -0.3 is 10.6 Å². The second-order valence-electron chi connectivity index (χ2n) is 3.86. The molecule has 0 spiro atoms. The number of nitrogens with zero attached hydrogens (tertiary/aromatic N) is 1. The molecule has 2 nitrogen and oxygen atoms in total. The molecule has 0 amide bonds. The predicted molar refractivity (Wildman–Crippen MR) is 66.1 cm³/mol. The molecule has 0 saturated heterocycles. The summed E-state index contributed by atoms with van der Waals surface area (Å²) in [5.74, 6) is 0. The molecule has 0 fully saturated rings. The van der Waals surface area contributed by atoms with E-state index in [9.17, 15) is 13.2 Å². The summed E-state index contributed by atoms with van der Waals surface area (Å²) in [6.45, 7) is 2.34. The second-order valence-corrected chi connectivity index (χ2v) is 4.71. The van der Waals surface area contributed by atoms with Crippen molar-refractivity contribution in [3.63, 3.8) is 0 Å². The first-order chi connectivity index (χ1) is 7.77. The number of halogens is 4. The van der Waals surface area contributed by atoms with Crippen LogP contribution in [0.1, 0.15) is 12.5 Å². The molecule has 0 aliphatic carbocycles. The van der Waals surface area contributed by atoms with Gasteiger partial charge in [0.05, 0.1) is 11.3 Å². The Morgan fingerprint density at radius 3 is 2.41 bits per heavy atom. The number of nitrogens with two attached hydrogens (primary N) is 1. The van der Waals surface area contributed by atoms with Crippen LogP contribution in [-0.4, -0.2) is 19.6 Å². The van der Waals surface area contributed by atoms with E-state index in [1.54, 1.807) is 7.05 Å². The highest BCUT2D eigenvalue weighted by molar-refractivity contribution is 9.10. The summed E-state index contributed by atoms with van der Waals surface area (Å²) < 4.78 is 37.8. The Balaban J connectivity index is 3.06. The van der Waals surface area contributed by atoms with E-state index in [4.69, 9.17) is 5.73 Å².